The number of para-hydroxylation sites is 1. The van der Waals surface area contributed by atoms with Gasteiger partial charge in [-0.3, -0.25) is 9.88 Å². The lowest BCUT2D eigenvalue weighted by molar-refractivity contribution is 0.311. The van der Waals surface area contributed by atoms with Gasteiger partial charge in [0.1, 0.15) is 0 Å². The van der Waals surface area contributed by atoms with Crippen LogP contribution in [0.3, 0.4) is 0 Å². The van der Waals surface area contributed by atoms with E-state index in [1.165, 1.54) is 30.6 Å². The highest BCUT2D eigenvalue weighted by atomic mass is 15.1. The molecule has 1 unspecified atom stereocenters. The first kappa shape index (κ1) is 12.6. The number of fused-ring (bicyclic) bond motifs is 1. The molecule has 0 radical (unpaired) electrons. The number of nitrogens with two attached hydrogens (primary N) is 1. The fourth-order valence-corrected chi connectivity index (χ4v) is 2.95. The van der Waals surface area contributed by atoms with Crippen LogP contribution in [0.5, 0.6) is 0 Å². The molecule has 2 heterocycles. The van der Waals surface area contributed by atoms with E-state index in [0.29, 0.717) is 0 Å². The Morgan fingerprint density at radius 3 is 3.00 bits per heavy atom. The van der Waals surface area contributed by atoms with Crippen molar-refractivity contribution in [2.75, 3.05) is 19.6 Å². The summed E-state index contributed by atoms with van der Waals surface area (Å²) in [6.07, 6.45) is 2.44. The monoisotopic (exact) mass is 255 g/mol. The number of aromatic nitrogens is 1. The molecule has 1 atom stereocenters. The van der Waals surface area contributed by atoms with Gasteiger partial charge in [-0.15, -0.1) is 0 Å². The number of rotatable bonds is 4. The Morgan fingerprint density at radius 1 is 1.21 bits per heavy atom. The molecule has 0 amide bonds. The molecule has 0 saturated carbocycles. The van der Waals surface area contributed by atoms with Crippen molar-refractivity contribution in [3.63, 3.8) is 0 Å². The van der Waals surface area contributed by atoms with Gasteiger partial charge in [0, 0.05) is 18.5 Å². The van der Waals surface area contributed by atoms with Gasteiger partial charge in [-0.2, -0.15) is 0 Å². The average Bonchev–Trinajstić information content (AvgIpc) is 2.86. The number of likely N-dealkylation sites (tertiary alicyclic amines) is 1. The van der Waals surface area contributed by atoms with Crippen LogP contribution in [0.2, 0.25) is 0 Å². The molecular weight excluding hydrogens is 234 g/mol. The van der Waals surface area contributed by atoms with Crippen molar-refractivity contribution < 1.29 is 0 Å². The minimum Gasteiger partial charge on any atom is -0.330 e. The molecule has 2 N–H and O–H groups in total. The highest BCUT2D eigenvalue weighted by Gasteiger charge is 2.21. The second kappa shape index (κ2) is 5.68. The highest BCUT2D eigenvalue weighted by Crippen LogP contribution is 2.21. The number of benzene rings is 1. The molecule has 100 valence electrons. The van der Waals surface area contributed by atoms with Gasteiger partial charge in [0.05, 0.1) is 11.2 Å². The van der Waals surface area contributed by atoms with Gasteiger partial charge in [0.2, 0.25) is 0 Å². The summed E-state index contributed by atoms with van der Waals surface area (Å²) >= 11 is 0. The van der Waals surface area contributed by atoms with Gasteiger partial charge in [-0.25, -0.2) is 0 Å². The maximum atomic E-state index is 5.64. The zero-order valence-corrected chi connectivity index (χ0v) is 11.3. The molecule has 0 spiro atoms. The van der Waals surface area contributed by atoms with E-state index < -0.39 is 0 Å². The molecule has 0 aliphatic carbocycles. The van der Waals surface area contributed by atoms with E-state index in [9.17, 15) is 0 Å². The maximum absolute atomic E-state index is 5.64. The Bertz CT molecular complexity index is 552. The first-order valence-electron chi connectivity index (χ1n) is 7.12. The van der Waals surface area contributed by atoms with E-state index in [4.69, 9.17) is 10.7 Å². The number of nitrogens with zero attached hydrogens (tertiary/aromatic N) is 2. The standard InChI is InChI=1S/C16H21N3/c17-9-7-13-8-10-19(11-13)12-15-6-5-14-3-1-2-4-16(14)18-15/h1-6,13H,7-12,17H2. The molecular formula is C16H21N3. The van der Waals surface area contributed by atoms with Crippen LogP contribution in [0.1, 0.15) is 18.5 Å². The fourth-order valence-electron chi connectivity index (χ4n) is 2.95. The summed E-state index contributed by atoms with van der Waals surface area (Å²) in [7, 11) is 0. The van der Waals surface area contributed by atoms with E-state index in [-0.39, 0.29) is 0 Å². The predicted octanol–water partition coefficient (Wildman–Crippen LogP) is 2.41. The number of hydrogen-bond acceptors (Lipinski definition) is 3. The average molecular weight is 255 g/mol. The van der Waals surface area contributed by atoms with Crippen LogP contribution < -0.4 is 5.73 Å². The van der Waals surface area contributed by atoms with Crippen molar-refractivity contribution in [1.82, 2.24) is 9.88 Å². The Labute approximate surface area is 114 Å². The zero-order valence-electron chi connectivity index (χ0n) is 11.3. The van der Waals surface area contributed by atoms with Crippen LogP contribution in [0.4, 0.5) is 0 Å². The Morgan fingerprint density at radius 2 is 2.11 bits per heavy atom. The van der Waals surface area contributed by atoms with Gasteiger partial charge < -0.3 is 5.73 Å². The van der Waals surface area contributed by atoms with Crippen LogP contribution in [0.25, 0.3) is 10.9 Å². The fraction of sp³-hybridized carbons (Fsp3) is 0.438. The summed E-state index contributed by atoms with van der Waals surface area (Å²) < 4.78 is 0. The molecule has 1 saturated heterocycles. The van der Waals surface area contributed by atoms with E-state index in [0.717, 1.165) is 30.9 Å². The number of pyridine rings is 1. The first-order chi connectivity index (χ1) is 9.35. The van der Waals surface area contributed by atoms with Crippen molar-refractivity contribution in [1.29, 1.82) is 0 Å². The van der Waals surface area contributed by atoms with E-state index >= 15 is 0 Å². The molecule has 0 bridgehead atoms. The molecule has 2 aromatic rings. The lowest BCUT2D eigenvalue weighted by atomic mass is 10.1. The third-order valence-corrected chi connectivity index (χ3v) is 3.99. The summed E-state index contributed by atoms with van der Waals surface area (Å²) in [6.45, 7) is 4.13. The van der Waals surface area contributed by atoms with Gasteiger partial charge in [-0.05, 0) is 44.0 Å². The Hall–Kier alpha value is -1.45. The topological polar surface area (TPSA) is 42.1 Å². The molecule has 1 aliphatic heterocycles. The van der Waals surface area contributed by atoms with Gasteiger partial charge >= 0.3 is 0 Å². The third kappa shape index (κ3) is 2.94. The van der Waals surface area contributed by atoms with Gasteiger partial charge in [0.25, 0.3) is 0 Å². The van der Waals surface area contributed by atoms with Crippen LogP contribution in [0, 0.1) is 5.92 Å². The van der Waals surface area contributed by atoms with Crippen LogP contribution in [-0.4, -0.2) is 29.5 Å². The second-order valence-corrected chi connectivity index (χ2v) is 5.46. The molecule has 1 aromatic carbocycles. The molecule has 1 aromatic heterocycles. The van der Waals surface area contributed by atoms with Crippen molar-refractivity contribution >= 4 is 10.9 Å². The van der Waals surface area contributed by atoms with Crippen LogP contribution in [0.15, 0.2) is 36.4 Å². The van der Waals surface area contributed by atoms with Crippen LogP contribution >= 0.6 is 0 Å². The molecule has 1 fully saturated rings. The van der Waals surface area contributed by atoms with Crippen LogP contribution in [-0.2, 0) is 6.54 Å². The van der Waals surface area contributed by atoms with E-state index in [1.54, 1.807) is 0 Å². The smallest absolute Gasteiger partial charge is 0.0705 e. The third-order valence-electron chi connectivity index (χ3n) is 3.99. The molecule has 3 rings (SSSR count). The summed E-state index contributed by atoms with van der Waals surface area (Å²) in [5.41, 5.74) is 7.91. The summed E-state index contributed by atoms with van der Waals surface area (Å²) in [6, 6.07) is 12.6. The quantitative estimate of drug-likeness (QED) is 0.912. The number of hydrogen-bond donors (Lipinski definition) is 1. The van der Waals surface area contributed by atoms with Gasteiger partial charge in [0.15, 0.2) is 0 Å². The maximum Gasteiger partial charge on any atom is 0.0705 e. The SMILES string of the molecule is NCCC1CCN(Cc2ccc3ccccc3n2)C1. The van der Waals surface area contributed by atoms with Crippen molar-refractivity contribution in [2.24, 2.45) is 11.7 Å². The van der Waals surface area contributed by atoms with E-state index in [2.05, 4.69) is 35.2 Å². The lowest BCUT2D eigenvalue weighted by Crippen LogP contribution is -2.21. The largest absolute Gasteiger partial charge is 0.330 e. The lowest BCUT2D eigenvalue weighted by Gasteiger charge is -2.15. The minimum atomic E-state index is 0.783. The molecule has 3 heteroatoms. The van der Waals surface area contributed by atoms with Gasteiger partial charge in [-0.1, -0.05) is 24.3 Å². The summed E-state index contributed by atoms with van der Waals surface area (Å²) in [5, 5.41) is 1.22. The Balaban J connectivity index is 1.68. The molecule has 3 nitrogen and oxygen atoms in total. The summed E-state index contributed by atoms with van der Waals surface area (Å²) in [4.78, 5) is 7.24. The zero-order chi connectivity index (χ0) is 13.1. The first-order valence-corrected chi connectivity index (χ1v) is 7.12. The molecule has 1 aliphatic rings. The predicted molar refractivity (Wildman–Crippen MR) is 78.8 cm³/mol. The normalized spacial score (nSPS) is 20.2. The summed E-state index contributed by atoms with van der Waals surface area (Å²) in [5.74, 6) is 0.783. The minimum absolute atomic E-state index is 0.783. The molecule has 19 heavy (non-hydrogen) atoms. The highest BCUT2D eigenvalue weighted by molar-refractivity contribution is 5.78. The second-order valence-electron chi connectivity index (χ2n) is 5.46. The Kier molecular flexibility index (Phi) is 3.76. The van der Waals surface area contributed by atoms with Crippen molar-refractivity contribution in [3.8, 4) is 0 Å². The van der Waals surface area contributed by atoms with Crippen molar-refractivity contribution in [3.05, 3.63) is 42.1 Å². The van der Waals surface area contributed by atoms with Crippen molar-refractivity contribution in [2.45, 2.75) is 19.4 Å². The van der Waals surface area contributed by atoms with E-state index in [1.807, 2.05) is 6.07 Å².